The molecule has 10 nitrogen and oxygen atoms in total. The number of nitrogens with zero attached hydrogens (tertiary/aromatic N) is 1. The van der Waals surface area contributed by atoms with E-state index in [1.807, 2.05) is 0 Å². The van der Waals surface area contributed by atoms with Gasteiger partial charge < -0.3 is 30.0 Å². The van der Waals surface area contributed by atoms with Crippen LogP contribution >= 0.6 is 0 Å². The summed E-state index contributed by atoms with van der Waals surface area (Å²) in [6.45, 7) is 0.713. The number of piperidine rings is 2. The first-order valence-electron chi connectivity index (χ1n) is 14.0. The van der Waals surface area contributed by atoms with Gasteiger partial charge in [0.2, 0.25) is 11.8 Å². The van der Waals surface area contributed by atoms with Gasteiger partial charge in [-0.3, -0.25) is 14.4 Å². The molecule has 1 saturated carbocycles. The number of cyclic esters (lactones) is 1. The zero-order valence-electron chi connectivity index (χ0n) is 22.6. The fraction of sp³-hybridized carbons (Fsp3) is 0.517. The summed E-state index contributed by atoms with van der Waals surface area (Å²) in [4.78, 5) is 56.6. The van der Waals surface area contributed by atoms with E-state index in [1.54, 1.807) is 30.3 Å². The van der Waals surface area contributed by atoms with Crippen LogP contribution in [-0.4, -0.2) is 77.9 Å². The van der Waals surface area contributed by atoms with Crippen LogP contribution in [0, 0.1) is 11.8 Å². The van der Waals surface area contributed by atoms with E-state index in [9.17, 15) is 19.2 Å². The van der Waals surface area contributed by atoms with Crippen molar-refractivity contribution >= 4 is 34.6 Å². The van der Waals surface area contributed by atoms with Crippen LogP contribution in [0.3, 0.4) is 0 Å². The number of amides is 3. The molecule has 3 N–H and O–H groups in total. The van der Waals surface area contributed by atoms with Crippen LogP contribution in [0.2, 0.25) is 0 Å². The fourth-order valence-electron chi connectivity index (χ4n) is 6.81. The van der Waals surface area contributed by atoms with Crippen LogP contribution in [0.1, 0.15) is 49.0 Å². The molecular weight excluding hydrogens is 538 g/mol. The summed E-state index contributed by atoms with van der Waals surface area (Å²) in [6, 6.07) is 3.89. The summed E-state index contributed by atoms with van der Waals surface area (Å²) < 4.78 is 40.9. The van der Waals surface area contributed by atoms with Gasteiger partial charge in [0.15, 0.2) is 0 Å². The number of alkyl halides is 2. The molecule has 0 unspecified atom stereocenters. The second-order valence-corrected chi connectivity index (χ2v) is 11.3. The zero-order valence-corrected chi connectivity index (χ0v) is 22.6. The number of methoxy groups -OCH3 is 1. The van der Waals surface area contributed by atoms with Gasteiger partial charge in [-0.1, -0.05) is 12.1 Å². The number of benzene rings is 1. The maximum atomic E-state index is 15.2. The van der Waals surface area contributed by atoms with Gasteiger partial charge in [0, 0.05) is 53.9 Å². The molecule has 4 saturated heterocycles. The molecule has 218 valence electrons. The van der Waals surface area contributed by atoms with Crippen molar-refractivity contribution < 1.29 is 37.4 Å². The normalized spacial score (nSPS) is 28.6. The van der Waals surface area contributed by atoms with Gasteiger partial charge in [-0.25, -0.2) is 13.6 Å². The van der Waals surface area contributed by atoms with Crippen LogP contribution < -0.4 is 15.4 Å². The van der Waals surface area contributed by atoms with Gasteiger partial charge >= 0.3 is 5.97 Å². The molecule has 1 aromatic heterocycles. The van der Waals surface area contributed by atoms with Crippen LogP contribution in [-0.2, 0) is 19.1 Å². The smallest absolute Gasteiger partial charge is 0.333 e. The van der Waals surface area contributed by atoms with E-state index in [0.29, 0.717) is 48.0 Å². The Morgan fingerprint density at radius 3 is 2.78 bits per heavy atom. The third-order valence-electron chi connectivity index (χ3n) is 8.81. The highest BCUT2D eigenvalue weighted by Gasteiger charge is 2.60. The molecule has 2 bridgehead atoms. The number of hydrogen-bond acceptors (Lipinski definition) is 6. The van der Waals surface area contributed by atoms with Gasteiger partial charge in [-0.15, -0.1) is 0 Å². The third-order valence-corrected chi connectivity index (χ3v) is 8.81. The number of aromatic nitrogens is 1. The predicted octanol–water partition coefficient (Wildman–Crippen LogP) is 2.69. The molecule has 5 fully saturated rings. The summed E-state index contributed by atoms with van der Waals surface area (Å²) in [5.41, 5.74) is 1.18. The van der Waals surface area contributed by atoms with Crippen LogP contribution in [0.25, 0.3) is 10.9 Å². The SMILES string of the molecule is COc1cccc2[nH]c(C(=O)N3[C@H]4CC[C@@H]([C@@H]3C(=O)N[C@H](/C=C3/CCOC3=O)C[C@H]3CCNC3=O)C(F)(F)C4)cc12. The van der Waals surface area contributed by atoms with Crippen molar-refractivity contribution in [3.8, 4) is 5.75 Å². The number of esters is 1. The Bertz CT molecular complexity index is 1440. The quantitative estimate of drug-likeness (QED) is 0.347. The number of H-pyrrole nitrogens is 1. The molecule has 5 heterocycles. The van der Waals surface area contributed by atoms with Gasteiger partial charge in [-0.2, -0.15) is 0 Å². The minimum atomic E-state index is -3.13. The molecule has 5 atom stereocenters. The van der Waals surface area contributed by atoms with E-state index >= 15 is 8.78 Å². The highest BCUT2D eigenvalue weighted by molar-refractivity contribution is 6.02. The molecule has 0 radical (unpaired) electrons. The maximum Gasteiger partial charge on any atom is 0.333 e. The van der Waals surface area contributed by atoms with Crippen LogP contribution in [0.15, 0.2) is 35.9 Å². The molecule has 7 rings (SSSR count). The lowest BCUT2D eigenvalue weighted by atomic mass is 9.71. The molecule has 3 amide bonds. The molecule has 41 heavy (non-hydrogen) atoms. The fourth-order valence-corrected chi connectivity index (χ4v) is 6.81. The Morgan fingerprint density at radius 2 is 2.10 bits per heavy atom. The van der Waals surface area contributed by atoms with Crippen LogP contribution in [0.4, 0.5) is 8.78 Å². The van der Waals surface area contributed by atoms with Crippen molar-refractivity contribution in [3.05, 3.63) is 41.6 Å². The summed E-state index contributed by atoms with van der Waals surface area (Å²) in [6.07, 6.45) is 2.61. The number of rotatable bonds is 7. The molecular formula is C29H32F2N4O6. The van der Waals surface area contributed by atoms with Gasteiger partial charge in [0.25, 0.3) is 11.8 Å². The summed E-state index contributed by atoms with van der Waals surface area (Å²) in [7, 11) is 1.52. The van der Waals surface area contributed by atoms with Gasteiger partial charge in [-0.05, 0) is 43.9 Å². The van der Waals surface area contributed by atoms with Crippen molar-refractivity contribution in [1.29, 1.82) is 0 Å². The number of nitrogens with one attached hydrogen (secondary N) is 3. The van der Waals surface area contributed by atoms with Crippen molar-refractivity contribution in [2.75, 3.05) is 20.3 Å². The Labute approximate surface area is 234 Å². The molecule has 2 aromatic rings. The second-order valence-electron chi connectivity index (χ2n) is 11.3. The first-order chi connectivity index (χ1) is 19.7. The number of carbonyl (C=O) groups is 4. The van der Waals surface area contributed by atoms with E-state index < -0.39 is 60.1 Å². The summed E-state index contributed by atoms with van der Waals surface area (Å²) in [5, 5.41) is 6.25. The first-order valence-corrected chi connectivity index (χ1v) is 14.0. The van der Waals surface area contributed by atoms with Crippen molar-refractivity contribution in [3.63, 3.8) is 0 Å². The van der Waals surface area contributed by atoms with Gasteiger partial charge in [0.05, 0.1) is 19.6 Å². The van der Waals surface area contributed by atoms with E-state index in [4.69, 9.17) is 9.47 Å². The van der Waals surface area contributed by atoms with Crippen LogP contribution in [0.5, 0.6) is 5.75 Å². The van der Waals surface area contributed by atoms with Crippen molar-refractivity contribution in [2.45, 2.75) is 62.6 Å². The second kappa shape index (κ2) is 10.5. The molecule has 1 aromatic carbocycles. The molecule has 12 heteroatoms. The lowest BCUT2D eigenvalue weighted by molar-refractivity contribution is -0.179. The Hall–Kier alpha value is -3.96. The highest BCUT2D eigenvalue weighted by Crippen LogP contribution is 2.49. The maximum absolute atomic E-state index is 15.2. The minimum absolute atomic E-state index is 0.100. The number of hydrogen-bond donors (Lipinski definition) is 3. The monoisotopic (exact) mass is 570 g/mol. The lowest BCUT2D eigenvalue weighted by Gasteiger charge is -2.53. The molecule has 0 spiro atoms. The number of carbonyl (C=O) groups excluding carboxylic acids is 4. The summed E-state index contributed by atoms with van der Waals surface area (Å²) in [5.74, 6) is -6.28. The zero-order chi connectivity index (χ0) is 28.9. The van der Waals surface area contributed by atoms with Crippen molar-refractivity contribution in [1.82, 2.24) is 20.5 Å². The van der Waals surface area contributed by atoms with E-state index in [-0.39, 0.29) is 31.0 Å². The van der Waals surface area contributed by atoms with E-state index in [1.165, 1.54) is 12.0 Å². The van der Waals surface area contributed by atoms with Gasteiger partial charge in [0.1, 0.15) is 17.5 Å². The Balaban J connectivity index is 1.32. The topological polar surface area (TPSA) is 130 Å². The number of halogens is 2. The Morgan fingerprint density at radius 1 is 1.27 bits per heavy atom. The number of aromatic amines is 1. The standard InChI is InChI=1S/C29H32F2N4O6/c1-40-23-4-2-3-21-19(23)13-22(34-21)27(38)35-18-5-6-20(29(30,31)14-18)24(35)26(37)33-17(11-15-7-9-32-25(15)36)12-16-8-10-41-28(16)39/h2-4,12-13,15,17-18,20,24,34H,5-11,14H2,1H3,(H,32,36)(H,33,37)/b16-12-/t15-,17+,18+,20+,24-/m1/s1. The third kappa shape index (κ3) is 4.93. The highest BCUT2D eigenvalue weighted by atomic mass is 19.3. The van der Waals surface area contributed by atoms with Crippen molar-refractivity contribution in [2.24, 2.45) is 11.8 Å². The molecule has 4 aliphatic heterocycles. The number of ether oxygens (including phenoxy) is 2. The average Bonchev–Trinajstić information content (AvgIpc) is 3.67. The number of fused-ring (bicyclic) bond motifs is 4. The lowest BCUT2D eigenvalue weighted by Crippen LogP contribution is -2.68. The molecule has 1 aliphatic carbocycles. The largest absolute Gasteiger partial charge is 0.496 e. The molecule has 5 aliphatic rings. The first kappa shape index (κ1) is 27.2. The summed E-state index contributed by atoms with van der Waals surface area (Å²) >= 11 is 0. The Kier molecular flexibility index (Phi) is 6.95. The predicted molar refractivity (Wildman–Crippen MR) is 142 cm³/mol. The average molecular weight is 571 g/mol. The van der Waals surface area contributed by atoms with E-state index in [0.717, 1.165) is 0 Å². The van der Waals surface area contributed by atoms with E-state index in [2.05, 4.69) is 15.6 Å². The minimum Gasteiger partial charge on any atom is -0.496 e.